The zero-order chi connectivity index (χ0) is 10.2. The molecule has 0 amide bonds. The van der Waals surface area contributed by atoms with Gasteiger partial charge in [-0.05, 0) is 18.8 Å². The quantitative estimate of drug-likeness (QED) is 0.651. The lowest BCUT2D eigenvalue weighted by Gasteiger charge is -2.20. The van der Waals surface area contributed by atoms with Crippen molar-refractivity contribution < 1.29 is 8.42 Å². The molecule has 1 saturated carbocycles. The number of nitrogens with zero attached hydrogens (tertiary/aromatic N) is 2. The lowest BCUT2D eigenvalue weighted by molar-refractivity contribution is 0.374. The maximum Gasteiger partial charge on any atom is 0.281 e. The molecular weight excluding hydrogens is 200 g/mol. The summed E-state index contributed by atoms with van der Waals surface area (Å²) in [6.45, 7) is 2.12. The maximum atomic E-state index is 11.7. The van der Waals surface area contributed by atoms with E-state index in [1.807, 2.05) is 0 Å². The van der Waals surface area contributed by atoms with E-state index in [0.717, 1.165) is 0 Å². The highest BCUT2D eigenvalue weighted by Crippen LogP contribution is 2.27. The summed E-state index contributed by atoms with van der Waals surface area (Å²) in [5.74, 6) is 0.592. The molecule has 1 aliphatic heterocycles. The van der Waals surface area contributed by atoms with Gasteiger partial charge in [-0.1, -0.05) is 12.8 Å². The molecular formula is C9H18N2O2S. The molecule has 82 valence electrons. The average molecular weight is 218 g/mol. The first-order valence-electron chi connectivity index (χ1n) is 5.32. The summed E-state index contributed by atoms with van der Waals surface area (Å²) in [7, 11) is -1.39. The van der Waals surface area contributed by atoms with Crippen LogP contribution in [0.1, 0.15) is 25.7 Å². The van der Waals surface area contributed by atoms with Gasteiger partial charge in [0, 0.05) is 26.7 Å². The minimum Gasteiger partial charge on any atom is -0.195 e. The first-order valence-corrected chi connectivity index (χ1v) is 6.72. The van der Waals surface area contributed by atoms with Crippen molar-refractivity contribution in [2.24, 2.45) is 5.92 Å². The molecule has 2 rings (SSSR count). The van der Waals surface area contributed by atoms with E-state index in [-0.39, 0.29) is 0 Å². The maximum absolute atomic E-state index is 11.7. The largest absolute Gasteiger partial charge is 0.281 e. The minimum atomic E-state index is -3.09. The number of hydrogen-bond acceptors (Lipinski definition) is 2. The summed E-state index contributed by atoms with van der Waals surface area (Å²) >= 11 is 0. The van der Waals surface area contributed by atoms with Crippen LogP contribution in [0.5, 0.6) is 0 Å². The predicted octanol–water partition coefficient (Wildman–Crippen LogP) is 0.669. The van der Waals surface area contributed by atoms with Crippen molar-refractivity contribution >= 4 is 10.2 Å². The van der Waals surface area contributed by atoms with Crippen LogP contribution in [-0.4, -0.2) is 43.7 Å². The van der Waals surface area contributed by atoms with Gasteiger partial charge in [0.2, 0.25) is 0 Å². The Balaban J connectivity index is 1.90. The fourth-order valence-electron chi connectivity index (χ4n) is 2.12. The SMILES string of the molecule is CN(CC1CCCC1)S(=O)(=O)N1CC1. The summed E-state index contributed by atoms with van der Waals surface area (Å²) in [5, 5.41) is 0. The van der Waals surface area contributed by atoms with Gasteiger partial charge in [-0.25, -0.2) is 0 Å². The van der Waals surface area contributed by atoms with E-state index in [4.69, 9.17) is 0 Å². The Labute approximate surface area is 86.1 Å². The highest BCUT2D eigenvalue weighted by atomic mass is 32.2. The molecule has 0 aromatic heterocycles. The lowest BCUT2D eigenvalue weighted by Crippen LogP contribution is -2.35. The zero-order valence-electron chi connectivity index (χ0n) is 8.65. The third-order valence-corrected chi connectivity index (χ3v) is 5.07. The topological polar surface area (TPSA) is 40.4 Å². The molecule has 1 saturated heterocycles. The Kier molecular flexibility index (Phi) is 2.81. The molecule has 0 atom stereocenters. The van der Waals surface area contributed by atoms with E-state index >= 15 is 0 Å². The van der Waals surface area contributed by atoms with Gasteiger partial charge in [0.15, 0.2) is 0 Å². The minimum absolute atomic E-state index is 0.592. The van der Waals surface area contributed by atoms with Gasteiger partial charge in [-0.3, -0.25) is 0 Å². The first-order chi connectivity index (χ1) is 6.60. The molecule has 0 N–H and O–H groups in total. The molecule has 2 fully saturated rings. The predicted molar refractivity (Wildman–Crippen MR) is 55.1 cm³/mol. The van der Waals surface area contributed by atoms with E-state index in [1.165, 1.54) is 34.3 Å². The highest BCUT2D eigenvalue weighted by Gasteiger charge is 2.36. The lowest BCUT2D eigenvalue weighted by atomic mass is 10.1. The van der Waals surface area contributed by atoms with Crippen LogP contribution in [0.3, 0.4) is 0 Å². The second-order valence-electron chi connectivity index (χ2n) is 4.34. The van der Waals surface area contributed by atoms with E-state index < -0.39 is 10.2 Å². The van der Waals surface area contributed by atoms with E-state index in [2.05, 4.69) is 0 Å². The molecule has 0 radical (unpaired) electrons. The second kappa shape index (κ2) is 3.79. The molecule has 4 nitrogen and oxygen atoms in total. The third-order valence-electron chi connectivity index (χ3n) is 3.12. The van der Waals surface area contributed by atoms with E-state index in [9.17, 15) is 8.42 Å². The monoisotopic (exact) mass is 218 g/mol. The van der Waals surface area contributed by atoms with Crippen LogP contribution in [0.15, 0.2) is 0 Å². The third kappa shape index (κ3) is 2.10. The van der Waals surface area contributed by atoms with Crippen LogP contribution >= 0.6 is 0 Å². The Bertz CT molecular complexity index is 292. The average Bonchev–Trinajstić information content (AvgIpc) is 2.88. The summed E-state index contributed by atoms with van der Waals surface area (Å²) in [5.41, 5.74) is 0. The van der Waals surface area contributed by atoms with Gasteiger partial charge in [0.05, 0.1) is 0 Å². The molecule has 1 heterocycles. The van der Waals surface area contributed by atoms with Gasteiger partial charge in [0.1, 0.15) is 0 Å². The summed E-state index contributed by atoms with van der Waals surface area (Å²) in [6.07, 6.45) is 4.92. The van der Waals surface area contributed by atoms with Gasteiger partial charge >= 0.3 is 0 Å². The first kappa shape index (κ1) is 10.4. The normalized spacial score (nSPS) is 24.7. The van der Waals surface area contributed by atoms with Crippen molar-refractivity contribution in [1.82, 2.24) is 8.61 Å². The highest BCUT2D eigenvalue weighted by molar-refractivity contribution is 7.87. The van der Waals surface area contributed by atoms with Crippen molar-refractivity contribution in [3.63, 3.8) is 0 Å². The summed E-state index contributed by atoms with van der Waals surface area (Å²) < 4.78 is 26.5. The standard InChI is InChI=1S/C9H18N2O2S/c1-10(8-9-4-2-3-5-9)14(12,13)11-6-7-11/h9H,2-8H2,1H3. The van der Waals surface area contributed by atoms with E-state index in [0.29, 0.717) is 25.6 Å². The van der Waals surface area contributed by atoms with Gasteiger partial charge < -0.3 is 0 Å². The van der Waals surface area contributed by atoms with Crippen LogP contribution in [0, 0.1) is 5.92 Å². The van der Waals surface area contributed by atoms with E-state index in [1.54, 1.807) is 7.05 Å². The molecule has 0 spiro atoms. The smallest absolute Gasteiger partial charge is 0.195 e. The van der Waals surface area contributed by atoms with Gasteiger partial charge in [-0.15, -0.1) is 0 Å². The van der Waals surface area contributed by atoms with Gasteiger partial charge in [-0.2, -0.15) is 17.0 Å². The van der Waals surface area contributed by atoms with Gasteiger partial charge in [0.25, 0.3) is 10.2 Å². The fourth-order valence-corrected chi connectivity index (χ4v) is 3.46. The molecule has 0 bridgehead atoms. The van der Waals surface area contributed by atoms with Crippen molar-refractivity contribution in [3.8, 4) is 0 Å². The van der Waals surface area contributed by atoms with Crippen LogP contribution in [0.2, 0.25) is 0 Å². The van der Waals surface area contributed by atoms with Crippen LogP contribution in [0.25, 0.3) is 0 Å². The van der Waals surface area contributed by atoms with Crippen LogP contribution in [-0.2, 0) is 10.2 Å². The molecule has 0 unspecified atom stereocenters. The molecule has 14 heavy (non-hydrogen) atoms. The van der Waals surface area contributed by atoms with Crippen LogP contribution < -0.4 is 0 Å². The Hall–Kier alpha value is -0.130. The molecule has 5 heteroatoms. The van der Waals surface area contributed by atoms with Crippen LogP contribution in [0.4, 0.5) is 0 Å². The second-order valence-corrected chi connectivity index (χ2v) is 6.37. The number of rotatable bonds is 4. The van der Waals surface area contributed by atoms with Crippen molar-refractivity contribution in [1.29, 1.82) is 0 Å². The number of hydrogen-bond donors (Lipinski definition) is 0. The molecule has 0 aromatic rings. The summed E-state index contributed by atoms with van der Waals surface area (Å²) in [4.78, 5) is 0. The molecule has 2 aliphatic rings. The van der Waals surface area contributed by atoms with Crippen molar-refractivity contribution in [2.75, 3.05) is 26.7 Å². The Morgan fingerprint density at radius 2 is 1.86 bits per heavy atom. The van der Waals surface area contributed by atoms with Crippen molar-refractivity contribution in [2.45, 2.75) is 25.7 Å². The fraction of sp³-hybridized carbons (Fsp3) is 1.00. The molecule has 1 aliphatic carbocycles. The zero-order valence-corrected chi connectivity index (χ0v) is 9.46. The van der Waals surface area contributed by atoms with Crippen molar-refractivity contribution in [3.05, 3.63) is 0 Å². The Morgan fingerprint density at radius 3 is 2.36 bits per heavy atom. The molecule has 0 aromatic carbocycles. The Morgan fingerprint density at radius 1 is 1.29 bits per heavy atom. The summed E-state index contributed by atoms with van der Waals surface area (Å²) in [6, 6.07) is 0.